The predicted molar refractivity (Wildman–Crippen MR) is 63.2 cm³/mol. The minimum absolute atomic E-state index is 0.226. The molecule has 1 amide bonds. The quantitative estimate of drug-likeness (QED) is 0.349. The van der Waals surface area contributed by atoms with Crippen molar-refractivity contribution in [2.24, 2.45) is 16.3 Å². The number of hydrogen-bond acceptors (Lipinski definition) is 4. The Labute approximate surface area is 99.8 Å². The molecule has 1 unspecified atom stereocenters. The van der Waals surface area contributed by atoms with Gasteiger partial charge in [0.05, 0.1) is 5.25 Å². The van der Waals surface area contributed by atoms with Crippen molar-refractivity contribution in [3.8, 4) is 0 Å². The first kappa shape index (κ1) is 13.3. The van der Waals surface area contributed by atoms with Crippen LogP contribution in [-0.2, 0) is 4.84 Å². The molecular formula is C10H17FN2O2S. The summed E-state index contributed by atoms with van der Waals surface area (Å²) in [6, 6.07) is 0. The molecule has 0 radical (unpaired) electrons. The van der Waals surface area contributed by atoms with Crippen LogP contribution in [0.3, 0.4) is 0 Å². The van der Waals surface area contributed by atoms with E-state index in [1.165, 1.54) is 6.42 Å². The summed E-state index contributed by atoms with van der Waals surface area (Å²) >= 11 is 4.22. The number of nitrogens with two attached hydrogens (primary N) is 1. The van der Waals surface area contributed by atoms with E-state index < -0.39 is 17.3 Å². The number of thiol groups is 1. The maximum atomic E-state index is 13.5. The van der Waals surface area contributed by atoms with Gasteiger partial charge in [-0.1, -0.05) is 26.2 Å². The molecule has 1 aliphatic carbocycles. The zero-order valence-electron chi connectivity index (χ0n) is 9.28. The minimum Gasteiger partial charge on any atom is -0.333 e. The summed E-state index contributed by atoms with van der Waals surface area (Å²) in [6.45, 7) is 1.98. The highest BCUT2D eigenvalue weighted by Gasteiger charge is 2.37. The van der Waals surface area contributed by atoms with Crippen LogP contribution < -0.4 is 5.73 Å². The van der Waals surface area contributed by atoms with Gasteiger partial charge in [0, 0.05) is 0 Å². The summed E-state index contributed by atoms with van der Waals surface area (Å²) < 4.78 is 13.5. The fourth-order valence-electron chi connectivity index (χ4n) is 2.06. The van der Waals surface area contributed by atoms with Crippen LogP contribution in [0, 0.1) is 5.41 Å². The highest BCUT2D eigenvalue weighted by molar-refractivity contribution is 7.81. The van der Waals surface area contributed by atoms with Crippen molar-refractivity contribution in [2.75, 3.05) is 0 Å². The van der Waals surface area contributed by atoms with E-state index in [1.54, 1.807) is 0 Å². The summed E-state index contributed by atoms with van der Waals surface area (Å²) in [5.74, 6) is -0.786. The van der Waals surface area contributed by atoms with Crippen LogP contribution in [0.4, 0.5) is 9.18 Å². The molecule has 0 aliphatic heterocycles. The number of oxime groups is 1. The summed E-state index contributed by atoms with van der Waals surface area (Å²) in [4.78, 5) is 14.3. The van der Waals surface area contributed by atoms with E-state index in [2.05, 4.69) is 22.6 Å². The summed E-state index contributed by atoms with van der Waals surface area (Å²) in [5, 5.41) is 2.40. The second-order valence-electron chi connectivity index (χ2n) is 4.44. The third-order valence-electron chi connectivity index (χ3n) is 3.10. The van der Waals surface area contributed by atoms with Gasteiger partial charge in [0.2, 0.25) is 5.97 Å². The van der Waals surface area contributed by atoms with Crippen molar-refractivity contribution < 1.29 is 14.0 Å². The number of primary amides is 1. The van der Waals surface area contributed by atoms with Gasteiger partial charge in [-0.25, -0.2) is 4.79 Å². The molecule has 0 spiro atoms. The van der Waals surface area contributed by atoms with Gasteiger partial charge in [0.25, 0.3) is 0 Å². The lowest BCUT2D eigenvalue weighted by atomic mass is 9.73. The highest BCUT2D eigenvalue weighted by Crippen LogP contribution is 2.41. The van der Waals surface area contributed by atoms with Crippen LogP contribution in [0.15, 0.2) is 5.16 Å². The normalized spacial score (nSPS) is 22.6. The smallest absolute Gasteiger partial charge is 0.333 e. The van der Waals surface area contributed by atoms with Gasteiger partial charge in [-0.05, 0) is 23.4 Å². The number of hydrogen-bond donors (Lipinski definition) is 2. The molecule has 0 heterocycles. The number of halogens is 1. The monoisotopic (exact) mass is 248 g/mol. The Bertz CT molecular complexity index is 291. The van der Waals surface area contributed by atoms with E-state index >= 15 is 0 Å². The molecule has 1 fully saturated rings. The molecule has 92 valence electrons. The lowest BCUT2D eigenvalue weighted by Crippen LogP contribution is -2.35. The van der Waals surface area contributed by atoms with Crippen LogP contribution in [-0.4, -0.2) is 17.3 Å². The SMILES string of the molecule is CC1(C(S)C(F)=NOC(N)=O)CCCCC1. The molecule has 1 atom stereocenters. The maximum absolute atomic E-state index is 13.5. The Morgan fingerprint density at radius 1 is 1.50 bits per heavy atom. The average molecular weight is 248 g/mol. The van der Waals surface area contributed by atoms with Gasteiger partial charge in [-0.15, -0.1) is 0 Å². The molecule has 0 aromatic rings. The zero-order chi connectivity index (χ0) is 12.2. The van der Waals surface area contributed by atoms with Crippen molar-refractivity contribution in [3.63, 3.8) is 0 Å². The largest absolute Gasteiger partial charge is 0.430 e. The molecule has 0 aromatic carbocycles. The van der Waals surface area contributed by atoms with Crippen LogP contribution in [0.25, 0.3) is 0 Å². The van der Waals surface area contributed by atoms with Gasteiger partial charge >= 0.3 is 6.09 Å². The molecule has 1 aliphatic rings. The lowest BCUT2D eigenvalue weighted by molar-refractivity contribution is 0.157. The molecule has 0 saturated heterocycles. The van der Waals surface area contributed by atoms with E-state index in [0.717, 1.165) is 25.7 Å². The van der Waals surface area contributed by atoms with Crippen LogP contribution in [0.5, 0.6) is 0 Å². The van der Waals surface area contributed by atoms with Gasteiger partial charge < -0.3 is 5.73 Å². The Morgan fingerprint density at radius 3 is 2.56 bits per heavy atom. The Balaban J connectivity index is 2.64. The molecule has 4 nitrogen and oxygen atoms in total. The number of carbonyl (C=O) groups is 1. The van der Waals surface area contributed by atoms with E-state index in [9.17, 15) is 9.18 Å². The highest BCUT2D eigenvalue weighted by atomic mass is 32.1. The topological polar surface area (TPSA) is 64.7 Å². The molecule has 2 N–H and O–H groups in total. The van der Waals surface area contributed by atoms with Gasteiger partial charge in [-0.2, -0.15) is 17.0 Å². The summed E-state index contributed by atoms with van der Waals surface area (Å²) in [6.07, 6.45) is 3.99. The predicted octanol–water partition coefficient (Wildman–Crippen LogP) is 2.63. The van der Waals surface area contributed by atoms with E-state index in [-0.39, 0.29) is 5.41 Å². The van der Waals surface area contributed by atoms with E-state index in [1.807, 2.05) is 6.92 Å². The molecule has 1 saturated carbocycles. The zero-order valence-corrected chi connectivity index (χ0v) is 10.2. The fourth-order valence-corrected chi connectivity index (χ4v) is 2.36. The lowest BCUT2D eigenvalue weighted by Gasteiger charge is -2.36. The third-order valence-corrected chi connectivity index (χ3v) is 3.94. The second kappa shape index (κ2) is 5.52. The van der Waals surface area contributed by atoms with Crippen LogP contribution >= 0.6 is 12.6 Å². The van der Waals surface area contributed by atoms with Crippen molar-refractivity contribution in [2.45, 2.75) is 44.3 Å². The summed E-state index contributed by atoms with van der Waals surface area (Å²) in [5.41, 5.74) is 4.47. The molecule has 1 rings (SSSR count). The van der Waals surface area contributed by atoms with Gasteiger partial charge in [0.1, 0.15) is 0 Å². The van der Waals surface area contributed by atoms with Gasteiger partial charge in [-0.3, -0.25) is 4.84 Å². The Hall–Kier alpha value is -0.780. The first-order valence-electron chi connectivity index (χ1n) is 5.33. The van der Waals surface area contributed by atoms with Crippen molar-refractivity contribution in [1.82, 2.24) is 0 Å². The van der Waals surface area contributed by atoms with E-state index in [0.29, 0.717) is 0 Å². The van der Waals surface area contributed by atoms with Crippen molar-refractivity contribution in [3.05, 3.63) is 0 Å². The maximum Gasteiger partial charge on any atom is 0.430 e. The Kier molecular flexibility index (Phi) is 4.58. The minimum atomic E-state index is -1.12. The van der Waals surface area contributed by atoms with Crippen molar-refractivity contribution >= 4 is 24.7 Å². The fraction of sp³-hybridized carbons (Fsp3) is 0.800. The number of rotatable bonds is 3. The summed E-state index contributed by atoms with van der Waals surface area (Å²) in [7, 11) is 0. The van der Waals surface area contributed by atoms with Gasteiger partial charge in [0.15, 0.2) is 0 Å². The first-order chi connectivity index (χ1) is 7.46. The van der Waals surface area contributed by atoms with E-state index in [4.69, 9.17) is 5.73 Å². The molecule has 0 aromatic heterocycles. The molecular weight excluding hydrogens is 231 g/mol. The number of amides is 1. The van der Waals surface area contributed by atoms with Crippen molar-refractivity contribution in [1.29, 1.82) is 0 Å². The molecule has 6 heteroatoms. The third kappa shape index (κ3) is 3.37. The molecule has 0 bridgehead atoms. The van der Waals surface area contributed by atoms with Crippen LogP contribution in [0.2, 0.25) is 0 Å². The standard InChI is InChI=1S/C10H17FN2O2S/c1-10(5-3-2-4-6-10)7(16)8(11)13-15-9(12)14/h7,16H,2-6H2,1H3,(H2,12,14). The second-order valence-corrected chi connectivity index (χ2v) is 4.96. The number of carbonyl (C=O) groups excluding carboxylic acids is 1. The first-order valence-corrected chi connectivity index (χ1v) is 5.85. The molecule has 16 heavy (non-hydrogen) atoms. The average Bonchev–Trinajstić information content (AvgIpc) is 2.25. The number of nitrogens with zero attached hydrogens (tertiary/aromatic N) is 1. The Morgan fingerprint density at radius 2 is 2.06 bits per heavy atom. The van der Waals surface area contributed by atoms with Crippen LogP contribution in [0.1, 0.15) is 39.0 Å².